The maximum Gasteiger partial charge on any atom is 2.00 e. The Morgan fingerprint density at radius 1 is 1.00 bits per heavy atom. The van der Waals surface area contributed by atoms with Gasteiger partial charge in [-0.15, -0.1) is 8.42 Å². The molecule has 0 aliphatic carbocycles. The zero-order valence-corrected chi connectivity index (χ0v) is 11.4. The van der Waals surface area contributed by atoms with Gasteiger partial charge >= 0.3 is 98.2 Å². The van der Waals surface area contributed by atoms with E-state index in [2.05, 4.69) is 8.37 Å². The molecule has 0 fully saturated rings. The van der Waals surface area contributed by atoms with Gasteiger partial charge in [0.2, 0.25) is 0 Å². The maximum absolute atomic E-state index is 10.0. The van der Waals surface area contributed by atoms with Crippen molar-refractivity contribution in [3.8, 4) is 0 Å². The first-order chi connectivity index (χ1) is 4.83. The standard InChI is InChI=1S/C2H2O8S.2Ca.4H/c3-1(4)9-11(7,8)10-2(5)6;;;;;;/h(H,3,4)(H,5,6);;;;;;/q;2*+2;4*-1. The summed E-state index contributed by atoms with van der Waals surface area (Å²) in [6.45, 7) is 0. The maximum atomic E-state index is 10.0. The molecule has 0 aromatic rings. The second kappa shape index (κ2) is 8.33. The summed E-state index contributed by atoms with van der Waals surface area (Å²) < 4.78 is 26.2. The van der Waals surface area contributed by atoms with Gasteiger partial charge in [-0.25, -0.2) is 9.59 Å². The van der Waals surface area contributed by atoms with Crippen molar-refractivity contribution in [1.82, 2.24) is 0 Å². The number of carboxylic acid groups (broad SMARTS) is 2. The van der Waals surface area contributed by atoms with Crippen LogP contribution in [0.15, 0.2) is 0 Å². The molecule has 11 heteroatoms. The molecule has 0 unspecified atom stereocenters. The Bertz CT molecular complexity index is 259. The number of carbonyl (C=O) groups is 2. The second-order valence-electron chi connectivity index (χ2n) is 1.11. The molecule has 0 aromatic carbocycles. The molecule has 0 saturated carbocycles. The Morgan fingerprint density at radius 2 is 1.23 bits per heavy atom. The molecule has 72 valence electrons. The normalized spacial score (nSPS) is 8.62. The predicted octanol–water partition coefficient (Wildman–Crippen LogP) is -0.691. The molecule has 0 radical (unpaired) electrons. The summed E-state index contributed by atoms with van der Waals surface area (Å²) in [7, 11) is -4.98. The molecule has 0 aromatic heterocycles. The van der Waals surface area contributed by atoms with Crippen LogP contribution in [-0.4, -0.2) is 106 Å². The molecule has 0 aliphatic rings. The Morgan fingerprint density at radius 3 is 1.38 bits per heavy atom. The van der Waals surface area contributed by atoms with Gasteiger partial charge in [-0.1, -0.05) is 0 Å². The zero-order valence-electron chi connectivity index (χ0n) is 10.2. The van der Waals surface area contributed by atoms with Crippen LogP contribution in [-0.2, 0) is 18.8 Å². The van der Waals surface area contributed by atoms with Crippen LogP contribution in [0.25, 0.3) is 0 Å². The van der Waals surface area contributed by atoms with Gasteiger partial charge in [0.25, 0.3) is 0 Å². The third-order valence-electron chi connectivity index (χ3n) is 0.347. The van der Waals surface area contributed by atoms with E-state index in [0.29, 0.717) is 0 Å². The third-order valence-corrected chi connectivity index (χ3v) is 1.04. The van der Waals surface area contributed by atoms with Crippen molar-refractivity contribution in [2.24, 2.45) is 0 Å². The molecule has 0 rings (SSSR count). The summed E-state index contributed by atoms with van der Waals surface area (Å²) >= 11 is 0. The smallest absolute Gasteiger partial charge is 1.00 e. The summed E-state index contributed by atoms with van der Waals surface area (Å²) in [4.78, 5) is 19.0. The molecule has 0 bridgehead atoms. The SMILES string of the molecule is O=C(O)OS(=O)(=O)OC(=O)O.[Ca+2].[Ca+2].[H-].[H-].[H-].[H-]. The Kier molecular flexibility index (Phi) is 12.5. The third kappa shape index (κ3) is 13.0. The van der Waals surface area contributed by atoms with Crippen LogP contribution >= 0.6 is 0 Å². The number of rotatable bonds is 2. The van der Waals surface area contributed by atoms with Gasteiger partial charge in [0.1, 0.15) is 0 Å². The first-order valence-electron chi connectivity index (χ1n) is 1.93. The topological polar surface area (TPSA) is 127 Å². The van der Waals surface area contributed by atoms with Crippen molar-refractivity contribution in [1.29, 1.82) is 0 Å². The quantitative estimate of drug-likeness (QED) is 0.631. The van der Waals surface area contributed by atoms with Crippen LogP contribution < -0.4 is 0 Å². The molecule has 0 atom stereocenters. The Labute approximate surface area is 138 Å². The van der Waals surface area contributed by atoms with Crippen LogP contribution in [0.3, 0.4) is 0 Å². The van der Waals surface area contributed by atoms with Gasteiger partial charge in [0.15, 0.2) is 0 Å². The average Bonchev–Trinajstić information content (AvgIpc) is 1.53. The molecule has 0 amide bonds. The van der Waals surface area contributed by atoms with E-state index < -0.39 is 22.7 Å². The van der Waals surface area contributed by atoms with Crippen molar-refractivity contribution in [3.63, 3.8) is 0 Å². The Balaban J connectivity index is -0.0000000333. The minimum absolute atomic E-state index is 0. The minimum atomic E-state index is -4.98. The average molecular weight is 270 g/mol. The van der Waals surface area contributed by atoms with Gasteiger partial charge < -0.3 is 15.9 Å². The van der Waals surface area contributed by atoms with E-state index in [1.54, 1.807) is 0 Å². The van der Waals surface area contributed by atoms with Crippen LogP contribution in [0.1, 0.15) is 5.71 Å². The van der Waals surface area contributed by atoms with Gasteiger partial charge in [-0.05, 0) is 0 Å². The van der Waals surface area contributed by atoms with E-state index in [1.165, 1.54) is 0 Å². The van der Waals surface area contributed by atoms with Gasteiger partial charge in [-0.3, -0.25) is 8.37 Å². The van der Waals surface area contributed by atoms with Crippen LogP contribution in [0, 0.1) is 0 Å². The minimum Gasteiger partial charge on any atom is -1.00 e. The molecule has 8 nitrogen and oxygen atoms in total. The fourth-order valence-corrected chi connectivity index (χ4v) is 0.575. The van der Waals surface area contributed by atoms with Crippen LogP contribution in [0.4, 0.5) is 9.59 Å². The van der Waals surface area contributed by atoms with Crippen molar-refractivity contribution < 1.29 is 42.3 Å². The van der Waals surface area contributed by atoms with E-state index in [-0.39, 0.29) is 81.2 Å². The molecule has 0 spiro atoms. The molecule has 0 heterocycles. The van der Waals surface area contributed by atoms with Gasteiger partial charge in [0, 0.05) is 0 Å². The second-order valence-corrected chi connectivity index (χ2v) is 2.26. The Hall–Kier alpha value is 1.01. The van der Waals surface area contributed by atoms with Crippen molar-refractivity contribution >= 4 is 98.2 Å². The first kappa shape index (κ1) is 19.6. The van der Waals surface area contributed by atoms with E-state index in [9.17, 15) is 18.0 Å². The monoisotopic (exact) mass is 270 g/mol. The number of hydrogen-bond acceptors (Lipinski definition) is 6. The molecular weight excluding hydrogens is 264 g/mol. The van der Waals surface area contributed by atoms with Crippen molar-refractivity contribution in [2.45, 2.75) is 0 Å². The van der Waals surface area contributed by atoms with E-state index in [0.717, 1.165) is 0 Å². The van der Waals surface area contributed by atoms with Crippen molar-refractivity contribution in [2.75, 3.05) is 0 Å². The van der Waals surface area contributed by atoms with Gasteiger partial charge in [0.05, 0.1) is 0 Å². The molecule has 0 saturated heterocycles. The summed E-state index contributed by atoms with van der Waals surface area (Å²) in [5, 5.41) is 15.4. The molecular formula is C2H6Ca2O8S. The van der Waals surface area contributed by atoms with Gasteiger partial charge in [-0.2, -0.15) is 0 Å². The predicted molar refractivity (Wildman–Crippen MR) is 43.1 cm³/mol. The van der Waals surface area contributed by atoms with E-state index in [4.69, 9.17) is 10.2 Å². The van der Waals surface area contributed by atoms with Crippen LogP contribution in [0.5, 0.6) is 0 Å². The summed E-state index contributed by atoms with van der Waals surface area (Å²) in [6.07, 6.45) is -4.35. The molecule has 2 N–H and O–H groups in total. The fraction of sp³-hybridized carbons (Fsp3) is 0. The summed E-state index contributed by atoms with van der Waals surface area (Å²) in [5.74, 6) is 0. The largest absolute Gasteiger partial charge is 2.00 e. The zero-order chi connectivity index (χ0) is 9.07. The fourth-order valence-electron chi connectivity index (χ4n) is 0.192. The summed E-state index contributed by atoms with van der Waals surface area (Å²) in [5.41, 5.74) is 0. The van der Waals surface area contributed by atoms with Crippen molar-refractivity contribution in [3.05, 3.63) is 0 Å². The van der Waals surface area contributed by atoms with E-state index >= 15 is 0 Å². The summed E-state index contributed by atoms with van der Waals surface area (Å²) in [6, 6.07) is 0. The number of hydrogen-bond donors (Lipinski definition) is 2. The van der Waals surface area contributed by atoms with Crippen LogP contribution in [0.2, 0.25) is 0 Å². The van der Waals surface area contributed by atoms with E-state index in [1.807, 2.05) is 0 Å². The first-order valence-corrected chi connectivity index (χ1v) is 3.26. The molecule has 13 heavy (non-hydrogen) atoms. The molecule has 0 aliphatic heterocycles.